The van der Waals surface area contributed by atoms with Gasteiger partial charge in [0, 0.05) is 4.88 Å². The standard InChI is InChI=1S/C15H9F3N2O2S/c16-15(17,18)14(21)7-12(20-22-14)9-1-3-10(4-2-9)13-6-5-11(8-19)23-13/h1-6,21H,7H2. The predicted octanol–water partition coefficient (Wildman–Crippen LogP) is 3.66. The number of alkyl halides is 3. The highest BCUT2D eigenvalue weighted by Gasteiger charge is 2.60. The van der Waals surface area contributed by atoms with Crippen LogP contribution in [0.3, 0.4) is 0 Å². The summed E-state index contributed by atoms with van der Waals surface area (Å²) < 4.78 is 38.0. The van der Waals surface area contributed by atoms with E-state index in [1.165, 1.54) is 11.3 Å². The van der Waals surface area contributed by atoms with E-state index in [1.807, 2.05) is 6.07 Å². The second-order valence-electron chi connectivity index (χ2n) is 4.94. The highest BCUT2D eigenvalue weighted by molar-refractivity contribution is 7.16. The van der Waals surface area contributed by atoms with E-state index in [-0.39, 0.29) is 5.71 Å². The molecule has 3 rings (SSSR count). The van der Waals surface area contributed by atoms with Crippen molar-refractivity contribution in [2.24, 2.45) is 5.16 Å². The number of oxime groups is 1. The summed E-state index contributed by atoms with van der Waals surface area (Å²) in [4.78, 5) is 5.65. The topological polar surface area (TPSA) is 65.6 Å². The number of hydrogen-bond acceptors (Lipinski definition) is 5. The second kappa shape index (κ2) is 5.37. The van der Waals surface area contributed by atoms with Gasteiger partial charge < -0.3 is 9.94 Å². The number of nitrogens with zero attached hydrogens (tertiary/aromatic N) is 2. The Balaban J connectivity index is 1.80. The van der Waals surface area contributed by atoms with E-state index in [0.717, 1.165) is 10.4 Å². The molecule has 1 aliphatic heterocycles. The van der Waals surface area contributed by atoms with Crippen LogP contribution in [-0.2, 0) is 4.84 Å². The maximum Gasteiger partial charge on any atom is 0.458 e. The van der Waals surface area contributed by atoms with Gasteiger partial charge in [-0.25, -0.2) is 0 Å². The third kappa shape index (κ3) is 2.81. The Labute approximate surface area is 133 Å². The first kappa shape index (κ1) is 15.5. The minimum Gasteiger partial charge on any atom is -0.350 e. The third-order valence-corrected chi connectivity index (χ3v) is 4.41. The van der Waals surface area contributed by atoms with Crippen molar-refractivity contribution in [3.05, 3.63) is 46.8 Å². The Bertz CT molecular complexity index is 805. The van der Waals surface area contributed by atoms with E-state index < -0.39 is 18.4 Å². The summed E-state index contributed by atoms with van der Waals surface area (Å²) in [5, 5.41) is 21.6. The van der Waals surface area contributed by atoms with Crippen LogP contribution in [-0.4, -0.2) is 22.8 Å². The molecule has 0 radical (unpaired) electrons. The largest absolute Gasteiger partial charge is 0.458 e. The molecule has 1 aliphatic rings. The number of aliphatic hydroxyl groups is 1. The highest BCUT2D eigenvalue weighted by Crippen LogP contribution is 2.39. The molecule has 2 heterocycles. The Morgan fingerprint density at radius 2 is 1.83 bits per heavy atom. The van der Waals surface area contributed by atoms with Gasteiger partial charge in [-0.15, -0.1) is 11.3 Å². The molecule has 1 aromatic carbocycles. The van der Waals surface area contributed by atoms with Gasteiger partial charge in [0.15, 0.2) is 0 Å². The molecule has 0 bridgehead atoms. The molecule has 0 saturated heterocycles. The van der Waals surface area contributed by atoms with Gasteiger partial charge in [0.2, 0.25) is 0 Å². The normalized spacial score (nSPS) is 20.7. The lowest BCUT2D eigenvalue weighted by Gasteiger charge is -2.22. The summed E-state index contributed by atoms with van der Waals surface area (Å²) >= 11 is 1.32. The fourth-order valence-electron chi connectivity index (χ4n) is 2.11. The van der Waals surface area contributed by atoms with Crippen LogP contribution in [0.15, 0.2) is 41.6 Å². The smallest absolute Gasteiger partial charge is 0.350 e. The molecule has 0 amide bonds. The van der Waals surface area contributed by atoms with Crippen molar-refractivity contribution in [3.8, 4) is 16.5 Å². The van der Waals surface area contributed by atoms with Crippen LogP contribution < -0.4 is 0 Å². The summed E-state index contributed by atoms with van der Waals surface area (Å²) in [6.45, 7) is 0. The minimum atomic E-state index is -4.91. The SMILES string of the molecule is N#Cc1ccc(-c2ccc(C3=NOC(O)(C(F)(F)F)C3)cc2)s1. The molecule has 1 atom stereocenters. The van der Waals surface area contributed by atoms with Crippen LogP contribution in [0.25, 0.3) is 10.4 Å². The van der Waals surface area contributed by atoms with E-state index in [1.54, 1.807) is 36.4 Å². The quantitative estimate of drug-likeness (QED) is 0.909. The summed E-state index contributed by atoms with van der Waals surface area (Å²) in [6.07, 6.45) is -5.67. The van der Waals surface area contributed by atoms with Gasteiger partial charge in [-0.3, -0.25) is 0 Å². The van der Waals surface area contributed by atoms with Crippen molar-refractivity contribution < 1.29 is 23.1 Å². The van der Waals surface area contributed by atoms with Gasteiger partial charge in [0.05, 0.1) is 12.1 Å². The van der Waals surface area contributed by atoms with Crippen LogP contribution in [0.1, 0.15) is 16.9 Å². The van der Waals surface area contributed by atoms with Crippen molar-refractivity contribution >= 4 is 17.0 Å². The molecule has 1 aromatic heterocycles. The Hall–Kier alpha value is -2.37. The van der Waals surface area contributed by atoms with Crippen molar-refractivity contribution in [1.82, 2.24) is 0 Å². The fourth-order valence-corrected chi connectivity index (χ4v) is 2.92. The molecule has 4 nitrogen and oxygen atoms in total. The lowest BCUT2D eigenvalue weighted by Crippen LogP contribution is -2.45. The van der Waals surface area contributed by atoms with Crippen LogP contribution in [0.4, 0.5) is 13.2 Å². The highest BCUT2D eigenvalue weighted by atomic mass is 32.1. The lowest BCUT2D eigenvalue weighted by atomic mass is 10.0. The van der Waals surface area contributed by atoms with Gasteiger partial charge >= 0.3 is 12.0 Å². The molecular formula is C15H9F3N2O2S. The summed E-state index contributed by atoms with van der Waals surface area (Å²) in [5.41, 5.74) is 1.30. The second-order valence-corrected chi connectivity index (χ2v) is 6.03. The van der Waals surface area contributed by atoms with Crippen LogP contribution in [0, 0.1) is 11.3 Å². The summed E-state index contributed by atoms with van der Waals surface area (Å²) in [5.74, 6) is -3.27. The zero-order chi connectivity index (χ0) is 16.7. The monoisotopic (exact) mass is 338 g/mol. The minimum absolute atomic E-state index is 0.0280. The predicted molar refractivity (Wildman–Crippen MR) is 77.7 cm³/mol. The molecule has 118 valence electrons. The fraction of sp³-hybridized carbons (Fsp3) is 0.200. The molecule has 0 aliphatic carbocycles. The lowest BCUT2D eigenvalue weighted by molar-refractivity contribution is -0.355. The van der Waals surface area contributed by atoms with Crippen LogP contribution in [0.5, 0.6) is 0 Å². The molecule has 0 saturated carbocycles. The van der Waals surface area contributed by atoms with Crippen molar-refractivity contribution in [3.63, 3.8) is 0 Å². The van der Waals surface area contributed by atoms with E-state index in [0.29, 0.717) is 10.4 Å². The molecule has 23 heavy (non-hydrogen) atoms. The third-order valence-electron chi connectivity index (χ3n) is 3.38. The number of halogens is 3. The number of nitriles is 1. The van der Waals surface area contributed by atoms with Gasteiger partial charge in [-0.05, 0) is 23.3 Å². The number of hydrogen-bond donors (Lipinski definition) is 1. The zero-order valence-electron chi connectivity index (χ0n) is 11.5. The molecule has 0 fully saturated rings. The summed E-state index contributed by atoms with van der Waals surface area (Å²) in [6, 6.07) is 12.2. The van der Waals surface area contributed by atoms with E-state index >= 15 is 0 Å². The van der Waals surface area contributed by atoms with E-state index in [9.17, 15) is 18.3 Å². The van der Waals surface area contributed by atoms with Gasteiger partial charge in [0.25, 0.3) is 0 Å². The van der Waals surface area contributed by atoms with Crippen molar-refractivity contribution in [2.45, 2.75) is 18.4 Å². The van der Waals surface area contributed by atoms with Crippen LogP contribution >= 0.6 is 11.3 Å². The Kier molecular flexibility index (Phi) is 3.62. The molecule has 2 aromatic rings. The Morgan fingerprint density at radius 1 is 1.17 bits per heavy atom. The van der Waals surface area contributed by atoms with Crippen molar-refractivity contribution in [2.75, 3.05) is 0 Å². The van der Waals surface area contributed by atoms with E-state index in [2.05, 4.69) is 9.99 Å². The first-order valence-corrected chi connectivity index (χ1v) is 7.29. The Morgan fingerprint density at radius 3 is 2.35 bits per heavy atom. The van der Waals surface area contributed by atoms with Gasteiger partial charge in [-0.1, -0.05) is 29.4 Å². The van der Waals surface area contributed by atoms with Gasteiger partial charge in [0.1, 0.15) is 10.9 Å². The first-order valence-electron chi connectivity index (χ1n) is 6.47. The summed E-state index contributed by atoms with van der Waals surface area (Å²) in [7, 11) is 0. The first-order chi connectivity index (χ1) is 10.8. The number of thiophene rings is 1. The molecule has 0 spiro atoms. The molecular weight excluding hydrogens is 329 g/mol. The molecule has 1 N–H and O–H groups in total. The van der Waals surface area contributed by atoms with Crippen LogP contribution in [0.2, 0.25) is 0 Å². The molecule has 8 heteroatoms. The molecule has 1 unspecified atom stereocenters. The number of rotatable bonds is 2. The van der Waals surface area contributed by atoms with Gasteiger partial charge in [-0.2, -0.15) is 18.4 Å². The zero-order valence-corrected chi connectivity index (χ0v) is 12.3. The maximum absolute atomic E-state index is 12.7. The maximum atomic E-state index is 12.7. The van der Waals surface area contributed by atoms with E-state index in [4.69, 9.17) is 5.26 Å². The number of benzene rings is 1. The average molecular weight is 338 g/mol. The van der Waals surface area contributed by atoms with Crippen molar-refractivity contribution in [1.29, 1.82) is 5.26 Å². The average Bonchev–Trinajstić information content (AvgIpc) is 3.14.